The van der Waals surface area contributed by atoms with Gasteiger partial charge >= 0.3 is 0 Å². The molecule has 0 aliphatic heterocycles. The van der Waals surface area contributed by atoms with Crippen LogP contribution in [0, 0.1) is 0 Å². The van der Waals surface area contributed by atoms with E-state index in [4.69, 9.17) is 4.42 Å². The number of furan rings is 1. The Bertz CT molecular complexity index is 521. The minimum Gasteiger partial charge on any atom is -0.459 e. The molecule has 2 rings (SSSR count). The molecule has 0 fully saturated rings. The highest BCUT2D eigenvalue weighted by Crippen LogP contribution is 2.12. The predicted molar refractivity (Wildman–Crippen MR) is 75.1 cm³/mol. The van der Waals surface area contributed by atoms with E-state index in [0.29, 0.717) is 5.76 Å². The molecular weight excluding hydrogens is 240 g/mol. The molecule has 1 amide bonds. The van der Waals surface area contributed by atoms with Gasteiger partial charge in [0.05, 0.1) is 6.26 Å². The second kappa shape index (κ2) is 6.75. The molecule has 0 bridgehead atoms. The molecule has 0 aliphatic carbocycles. The molecule has 19 heavy (non-hydrogen) atoms. The van der Waals surface area contributed by atoms with E-state index in [-0.39, 0.29) is 5.91 Å². The Labute approximate surface area is 112 Å². The van der Waals surface area contributed by atoms with E-state index in [0.717, 1.165) is 30.8 Å². The number of amides is 1. The predicted octanol–water partition coefficient (Wildman–Crippen LogP) is 3.03. The zero-order chi connectivity index (χ0) is 13.5. The number of rotatable bonds is 6. The number of hydrogen-bond donors (Lipinski definition) is 2. The average Bonchev–Trinajstić information content (AvgIpc) is 2.93. The number of carbonyl (C=O) groups is 1. The molecule has 2 N–H and O–H groups in total. The summed E-state index contributed by atoms with van der Waals surface area (Å²) in [5, 5.41) is 6.14. The summed E-state index contributed by atoms with van der Waals surface area (Å²) in [6, 6.07) is 11.1. The Hall–Kier alpha value is -2.07. The monoisotopic (exact) mass is 258 g/mol. The standard InChI is InChI=1S/C15H18N2O2/c1-2-8-16-11-12-5-3-6-13(10-12)17-15(18)14-7-4-9-19-14/h3-7,9-10,16H,2,8,11H2,1H3,(H,17,18). The van der Waals surface area contributed by atoms with Crippen molar-refractivity contribution in [1.29, 1.82) is 0 Å². The van der Waals surface area contributed by atoms with Crippen molar-refractivity contribution in [1.82, 2.24) is 5.32 Å². The highest BCUT2D eigenvalue weighted by molar-refractivity contribution is 6.02. The van der Waals surface area contributed by atoms with Gasteiger partial charge in [-0.15, -0.1) is 0 Å². The van der Waals surface area contributed by atoms with E-state index in [1.807, 2.05) is 24.3 Å². The lowest BCUT2D eigenvalue weighted by Gasteiger charge is -2.07. The highest BCUT2D eigenvalue weighted by atomic mass is 16.3. The first kappa shape index (κ1) is 13.4. The fraction of sp³-hybridized carbons (Fsp3) is 0.267. The Morgan fingerprint density at radius 1 is 1.26 bits per heavy atom. The summed E-state index contributed by atoms with van der Waals surface area (Å²) in [6.45, 7) is 3.92. The third kappa shape index (κ3) is 3.96. The number of nitrogens with one attached hydrogen (secondary N) is 2. The van der Waals surface area contributed by atoms with Crippen LogP contribution in [0.1, 0.15) is 29.5 Å². The first-order valence-corrected chi connectivity index (χ1v) is 6.44. The van der Waals surface area contributed by atoms with Crippen molar-refractivity contribution in [3.8, 4) is 0 Å². The summed E-state index contributed by atoms with van der Waals surface area (Å²) in [7, 11) is 0. The molecule has 1 heterocycles. The number of anilines is 1. The first-order chi connectivity index (χ1) is 9.29. The van der Waals surface area contributed by atoms with E-state index < -0.39 is 0 Å². The molecule has 4 heteroatoms. The smallest absolute Gasteiger partial charge is 0.291 e. The van der Waals surface area contributed by atoms with E-state index in [9.17, 15) is 4.79 Å². The zero-order valence-electron chi connectivity index (χ0n) is 11.0. The minimum atomic E-state index is -0.233. The maximum atomic E-state index is 11.8. The van der Waals surface area contributed by atoms with Crippen molar-refractivity contribution in [2.24, 2.45) is 0 Å². The Morgan fingerprint density at radius 3 is 2.89 bits per heavy atom. The van der Waals surface area contributed by atoms with Crippen LogP contribution in [-0.2, 0) is 6.54 Å². The molecule has 0 radical (unpaired) electrons. The van der Waals surface area contributed by atoms with E-state index in [1.54, 1.807) is 12.1 Å². The number of hydrogen-bond acceptors (Lipinski definition) is 3. The van der Waals surface area contributed by atoms with Gasteiger partial charge in [0.2, 0.25) is 0 Å². The second-order valence-corrected chi connectivity index (χ2v) is 4.31. The van der Waals surface area contributed by atoms with Crippen LogP contribution in [0.15, 0.2) is 47.1 Å². The molecular formula is C15H18N2O2. The Balaban J connectivity index is 1.97. The maximum Gasteiger partial charge on any atom is 0.291 e. The van der Waals surface area contributed by atoms with Crippen molar-refractivity contribution < 1.29 is 9.21 Å². The number of benzene rings is 1. The van der Waals surface area contributed by atoms with Gasteiger partial charge in [-0.05, 0) is 42.8 Å². The fourth-order valence-corrected chi connectivity index (χ4v) is 1.77. The van der Waals surface area contributed by atoms with Gasteiger partial charge in [-0.1, -0.05) is 19.1 Å². The van der Waals surface area contributed by atoms with Crippen molar-refractivity contribution in [3.05, 3.63) is 54.0 Å². The lowest BCUT2D eigenvalue weighted by Crippen LogP contribution is -2.14. The molecule has 1 aromatic carbocycles. The van der Waals surface area contributed by atoms with Gasteiger partial charge in [0.1, 0.15) is 0 Å². The Morgan fingerprint density at radius 2 is 2.16 bits per heavy atom. The molecule has 1 aromatic heterocycles. The third-order valence-electron chi connectivity index (χ3n) is 2.69. The lowest BCUT2D eigenvalue weighted by molar-refractivity contribution is 0.0996. The van der Waals surface area contributed by atoms with E-state index in [2.05, 4.69) is 17.6 Å². The minimum absolute atomic E-state index is 0.233. The quantitative estimate of drug-likeness (QED) is 0.783. The van der Waals surface area contributed by atoms with Crippen molar-refractivity contribution >= 4 is 11.6 Å². The largest absolute Gasteiger partial charge is 0.459 e. The topological polar surface area (TPSA) is 54.3 Å². The van der Waals surface area contributed by atoms with Gasteiger partial charge < -0.3 is 15.1 Å². The van der Waals surface area contributed by atoms with Crippen LogP contribution >= 0.6 is 0 Å². The third-order valence-corrected chi connectivity index (χ3v) is 2.69. The van der Waals surface area contributed by atoms with Crippen LogP contribution in [0.2, 0.25) is 0 Å². The van der Waals surface area contributed by atoms with E-state index in [1.165, 1.54) is 6.26 Å². The summed E-state index contributed by atoms with van der Waals surface area (Å²) in [6.07, 6.45) is 2.59. The van der Waals surface area contributed by atoms with Crippen LogP contribution in [0.25, 0.3) is 0 Å². The van der Waals surface area contributed by atoms with Crippen LogP contribution < -0.4 is 10.6 Å². The normalized spacial score (nSPS) is 10.4. The van der Waals surface area contributed by atoms with Gasteiger partial charge in [-0.25, -0.2) is 0 Å². The van der Waals surface area contributed by atoms with E-state index >= 15 is 0 Å². The summed E-state index contributed by atoms with van der Waals surface area (Å²) in [5.74, 6) is 0.0816. The SMILES string of the molecule is CCCNCc1cccc(NC(=O)c2ccco2)c1. The van der Waals surface area contributed by atoms with Crippen LogP contribution in [0.4, 0.5) is 5.69 Å². The zero-order valence-corrected chi connectivity index (χ0v) is 11.0. The lowest BCUT2D eigenvalue weighted by atomic mass is 10.2. The van der Waals surface area contributed by atoms with Gasteiger partial charge in [-0.3, -0.25) is 4.79 Å². The summed E-state index contributed by atoms with van der Waals surface area (Å²) >= 11 is 0. The van der Waals surface area contributed by atoms with Crippen LogP contribution in [0.5, 0.6) is 0 Å². The maximum absolute atomic E-state index is 11.8. The first-order valence-electron chi connectivity index (χ1n) is 6.44. The molecule has 0 saturated heterocycles. The van der Waals surface area contributed by atoms with Crippen molar-refractivity contribution in [2.45, 2.75) is 19.9 Å². The summed E-state index contributed by atoms with van der Waals surface area (Å²) in [4.78, 5) is 11.8. The van der Waals surface area contributed by atoms with Crippen molar-refractivity contribution in [3.63, 3.8) is 0 Å². The highest BCUT2D eigenvalue weighted by Gasteiger charge is 2.08. The molecule has 0 unspecified atom stereocenters. The average molecular weight is 258 g/mol. The summed E-state index contributed by atoms with van der Waals surface area (Å²) < 4.78 is 5.05. The summed E-state index contributed by atoms with van der Waals surface area (Å²) in [5.41, 5.74) is 1.92. The van der Waals surface area contributed by atoms with Gasteiger partial charge in [0, 0.05) is 12.2 Å². The van der Waals surface area contributed by atoms with Crippen LogP contribution in [-0.4, -0.2) is 12.5 Å². The molecule has 0 saturated carbocycles. The van der Waals surface area contributed by atoms with Gasteiger partial charge in [0.15, 0.2) is 5.76 Å². The molecule has 0 atom stereocenters. The van der Waals surface area contributed by atoms with Gasteiger partial charge in [-0.2, -0.15) is 0 Å². The molecule has 0 spiro atoms. The second-order valence-electron chi connectivity index (χ2n) is 4.31. The Kier molecular flexibility index (Phi) is 4.75. The van der Waals surface area contributed by atoms with Crippen molar-refractivity contribution in [2.75, 3.05) is 11.9 Å². The molecule has 4 nitrogen and oxygen atoms in total. The molecule has 100 valence electrons. The molecule has 2 aromatic rings. The van der Waals surface area contributed by atoms with Crippen LogP contribution in [0.3, 0.4) is 0 Å². The number of carbonyl (C=O) groups excluding carboxylic acids is 1. The molecule has 0 aliphatic rings. The van der Waals surface area contributed by atoms with Gasteiger partial charge in [0.25, 0.3) is 5.91 Å². The fourth-order valence-electron chi connectivity index (χ4n) is 1.77.